The molecule has 3 aliphatic rings. The van der Waals surface area contributed by atoms with Gasteiger partial charge < -0.3 is 28.3 Å². The van der Waals surface area contributed by atoms with Crippen molar-refractivity contribution >= 4 is 42.6 Å². The van der Waals surface area contributed by atoms with Crippen LogP contribution in [0.25, 0.3) is 5.76 Å². The number of rotatable bonds is 12. The van der Waals surface area contributed by atoms with Crippen LogP contribution in [0.4, 0.5) is 5.69 Å². The monoisotopic (exact) mass is 815 g/mol. The third-order valence-corrected chi connectivity index (χ3v) is 16.7. The van der Waals surface area contributed by atoms with Crippen LogP contribution in [0.3, 0.4) is 0 Å². The highest BCUT2D eigenvalue weighted by molar-refractivity contribution is 7.80. The number of methoxy groups -OCH3 is 1. The number of aromatic nitrogens is 1. The number of ketones is 2. The summed E-state index contributed by atoms with van der Waals surface area (Å²) in [5, 5.41) is 16.4. The number of anilines is 1. The number of Topliss-reactive ketones (excluding diaryl/α,β-unsaturated/α-hetero) is 2. The van der Waals surface area contributed by atoms with Gasteiger partial charge in [-0.3, -0.25) is 23.8 Å². The lowest BCUT2D eigenvalue weighted by molar-refractivity contribution is -0.140. The zero-order valence-corrected chi connectivity index (χ0v) is 35.2. The second-order valence-corrected chi connectivity index (χ2v) is 22.0. The minimum absolute atomic E-state index is 0.0175. The molecule has 7 rings (SSSR count). The van der Waals surface area contributed by atoms with Crippen molar-refractivity contribution in [2.45, 2.75) is 76.6 Å². The fourth-order valence-corrected chi connectivity index (χ4v) is 9.99. The minimum Gasteiger partial charge on any atom is -0.507 e. The molecule has 302 valence electrons. The maximum absolute atomic E-state index is 15.8. The first-order valence-corrected chi connectivity index (χ1v) is 22.9. The SMILES string of the molecule is COc1cc(NS(=O)O)c(OCc2ccccc2)c2c1C[C@H]1C[C@H]3[C@H](N(C)C)c4onc(OCc5ccccc5)c4C(=O)C3(O[Si](C)(C)C(C)(C)C)C(=O)C1=C2O. The molecule has 5 atom stereocenters. The number of benzene rings is 3. The minimum atomic E-state index is -2.97. The number of aliphatic hydroxyl groups excluding tert-OH is 1. The summed E-state index contributed by atoms with van der Waals surface area (Å²) >= 11 is -2.53. The van der Waals surface area contributed by atoms with Crippen LogP contribution in [-0.2, 0) is 40.1 Å². The summed E-state index contributed by atoms with van der Waals surface area (Å²) in [5.74, 6) is -2.44. The van der Waals surface area contributed by atoms with E-state index < -0.39 is 65.4 Å². The van der Waals surface area contributed by atoms with Crippen molar-refractivity contribution in [3.05, 3.63) is 106 Å². The number of ether oxygens (including phenoxy) is 3. The highest BCUT2D eigenvalue weighted by atomic mass is 32.2. The smallest absolute Gasteiger partial charge is 0.265 e. The van der Waals surface area contributed by atoms with Crippen LogP contribution in [0.5, 0.6) is 17.4 Å². The second-order valence-electron chi connectivity index (χ2n) is 16.6. The van der Waals surface area contributed by atoms with Crippen molar-refractivity contribution < 1.29 is 46.6 Å². The molecule has 2 unspecified atom stereocenters. The van der Waals surface area contributed by atoms with Crippen LogP contribution in [0.15, 0.2) is 76.8 Å². The number of carbonyl (C=O) groups is 2. The summed E-state index contributed by atoms with van der Waals surface area (Å²) in [7, 11) is 2.21. The van der Waals surface area contributed by atoms with Gasteiger partial charge in [0.1, 0.15) is 30.3 Å². The summed E-state index contributed by atoms with van der Waals surface area (Å²) in [4.78, 5) is 33.3. The predicted molar refractivity (Wildman–Crippen MR) is 217 cm³/mol. The number of carbonyl (C=O) groups excluding carboxylic acids is 2. The molecule has 1 heterocycles. The molecule has 57 heavy (non-hydrogen) atoms. The first-order chi connectivity index (χ1) is 27.0. The maximum Gasteiger partial charge on any atom is 0.265 e. The van der Waals surface area contributed by atoms with Crippen molar-refractivity contribution in [2.24, 2.45) is 11.8 Å². The van der Waals surface area contributed by atoms with Crippen LogP contribution in [0, 0.1) is 11.8 Å². The fourth-order valence-electron chi connectivity index (χ4n) is 8.21. The van der Waals surface area contributed by atoms with E-state index in [1.807, 2.05) is 114 Å². The molecule has 0 spiro atoms. The van der Waals surface area contributed by atoms with E-state index in [9.17, 15) is 13.9 Å². The number of hydrogen-bond acceptors (Lipinski definition) is 11. The van der Waals surface area contributed by atoms with Crippen LogP contribution < -0.4 is 18.9 Å². The van der Waals surface area contributed by atoms with E-state index in [1.165, 1.54) is 7.11 Å². The first-order valence-electron chi connectivity index (χ1n) is 18.8. The standard InChI is InChI=1S/C42H49N3O10SSi/c1-41(2,3)57(7,8)55-42-28(34(45(4)5)37-33(39(42)48)40(43-54-37)53-23-25-17-13-10-14-18-25)20-26-19-27-30(51-6)21-29(44-56(49)50)36(32(27)35(46)31(26)38(42)47)52-22-24-15-11-9-12-16-24/h9-18,21,26,28,34,44,46H,19-20,22-23H2,1-8H3,(H,49,50)/t26-,28-,34-,42?/m0/s1. The summed E-state index contributed by atoms with van der Waals surface area (Å²) in [5.41, 5.74) is 0.342. The van der Waals surface area contributed by atoms with Gasteiger partial charge in [-0.2, -0.15) is 0 Å². The number of aliphatic hydroxyl groups is 1. The molecular weight excluding hydrogens is 767 g/mol. The Bertz CT molecular complexity index is 2250. The van der Waals surface area contributed by atoms with Crippen molar-refractivity contribution in [1.29, 1.82) is 0 Å². The van der Waals surface area contributed by atoms with Crippen molar-refractivity contribution in [1.82, 2.24) is 10.1 Å². The molecule has 3 aliphatic carbocycles. The molecule has 3 N–H and O–H groups in total. The third kappa shape index (κ3) is 6.98. The zero-order chi connectivity index (χ0) is 41.0. The number of hydrogen-bond donors (Lipinski definition) is 3. The van der Waals surface area contributed by atoms with E-state index >= 15 is 9.59 Å². The number of nitrogens with zero attached hydrogens (tertiary/aromatic N) is 2. The summed E-state index contributed by atoms with van der Waals surface area (Å²) in [6, 6.07) is 19.6. The summed E-state index contributed by atoms with van der Waals surface area (Å²) in [6.45, 7) is 10.2. The van der Waals surface area contributed by atoms with Gasteiger partial charge in [0.15, 0.2) is 25.4 Å². The Morgan fingerprint density at radius 2 is 1.60 bits per heavy atom. The van der Waals surface area contributed by atoms with Crippen molar-refractivity contribution in [2.75, 3.05) is 25.9 Å². The Kier molecular flexibility index (Phi) is 10.8. The average Bonchev–Trinajstić information content (AvgIpc) is 3.58. The van der Waals surface area contributed by atoms with Gasteiger partial charge in [0.25, 0.3) is 17.1 Å². The third-order valence-electron chi connectivity index (χ3n) is 11.9. The molecule has 0 bridgehead atoms. The highest BCUT2D eigenvalue weighted by Crippen LogP contribution is 2.60. The van der Waals surface area contributed by atoms with E-state index in [1.54, 1.807) is 6.07 Å². The largest absolute Gasteiger partial charge is 0.507 e. The molecule has 15 heteroatoms. The van der Waals surface area contributed by atoms with E-state index in [0.29, 0.717) is 11.3 Å². The van der Waals surface area contributed by atoms with Gasteiger partial charge in [0, 0.05) is 23.1 Å². The Morgan fingerprint density at radius 3 is 2.16 bits per heavy atom. The topological polar surface area (TPSA) is 170 Å². The summed E-state index contributed by atoms with van der Waals surface area (Å²) < 4.78 is 56.2. The molecule has 13 nitrogen and oxygen atoms in total. The van der Waals surface area contributed by atoms with Gasteiger partial charge in [-0.05, 0) is 67.3 Å². The van der Waals surface area contributed by atoms with Crippen LogP contribution in [0.2, 0.25) is 18.1 Å². The average molecular weight is 816 g/mol. The Morgan fingerprint density at radius 1 is 0.982 bits per heavy atom. The van der Waals surface area contributed by atoms with Gasteiger partial charge in [0.2, 0.25) is 11.6 Å². The van der Waals surface area contributed by atoms with Crippen molar-refractivity contribution in [3.8, 4) is 17.4 Å². The molecule has 3 aromatic carbocycles. The fraction of sp³-hybridized carbons (Fsp3) is 0.405. The lowest BCUT2D eigenvalue weighted by Crippen LogP contribution is -2.68. The van der Waals surface area contributed by atoms with Gasteiger partial charge in [-0.1, -0.05) is 81.4 Å². The Balaban J connectivity index is 1.44. The molecule has 0 saturated heterocycles. The number of fused-ring (bicyclic) bond motifs is 4. The predicted octanol–water partition coefficient (Wildman–Crippen LogP) is 7.68. The van der Waals surface area contributed by atoms with E-state index in [4.69, 9.17) is 23.2 Å². The van der Waals surface area contributed by atoms with E-state index in [2.05, 4.69) is 9.88 Å². The molecule has 4 aromatic rings. The molecular formula is C42H49N3O10SSi. The normalized spacial score (nSPS) is 22.3. The van der Waals surface area contributed by atoms with E-state index in [0.717, 1.165) is 11.1 Å². The van der Waals surface area contributed by atoms with Crippen LogP contribution in [-0.4, -0.2) is 70.6 Å². The van der Waals surface area contributed by atoms with Gasteiger partial charge >= 0.3 is 0 Å². The molecule has 1 fully saturated rings. The maximum atomic E-state index is 15.8. The summed E-state index contributed by atoms with van der Waals surface area (Å²) in [6.07, 6.45) is 0.474. The zero-order valence-electron chi connectivity index (χ0n) is 33.4. The van der Waals surface area contributed by atoms with E-state index in [-0.39, 0.29) is 65.8 Å². The van der Waals surface area contributed by atoms with Crippen LogP contribution >= 0.6 is 0 Å². The Hall–Kier alpha value is -4.80. The van der Waals surface area contributed by atoms with Gasteiger partial charge in [0.05, 0.1) is 24.4 Å². The molecule has 0 aliphatic heterocycles. The Labute approximate surface area is 335 Å². The molecule has 1 aromatic heterocycles. The van der Waals surface area contributed by atoms with Crippen molar-refractivity contribution in [3.63, 3.8) is 0 Å². The second kappa shape index (κ2) is 15.2. The van der Waals surface area contributed by atoms with Crippen LogP contribution in [0.1, 0.15) is 71.6 Å². The molecule has 1 saturated carbocycles. The quantitative estimate of drug-likeness (QED) is 0.0726. The molecule has 0 radical (unpaired) electrons. The van der Waals surface area contributed by atoms with Gasteiger partial charge in [-0.25, -0.2) is 4.21 Å². The highest BCUT2D eigenvalue weighted by Gasteiger charge is 2.69. The lowest BCUT2D eigenvalue weighted by atomic mass is 9.57. The van der Waals surface area contributed by atoms with Gasteiger partial charge in [-0.15, -0.1) is 0 Å². The number of nitrogens with one attached hydrogen (secondary N) is 1. The molecule has 0 amide bonds. The lowest BCUT2D eigenvalue weighted by Gasteiger charge is -2.55. The first kappa shape index (κ1) is 40.4.